The number of para-hydroxylation sites is 1. The van der Waals surface area contributed by atoms with Gasteiger partial charge in [-0.15, -0.1) is 0 Å². The van der Waals surface area contributed by atoms with Crippen LogP contribution >= 0.6 is 24.0 Å². The summed E-state index contributed by atoms with van der Waals surface area (Å²) in [6.45, 7) is 2.43. The molecule has 2 N–H and O–H groups in total. The molecule has 2 aromatic heterocycles. The van der Waals surface area contributed by atoms with Crippen LogP contribution in [0.3, 0.4) is 0 Å². The molecule has 1 fully saturated rings. The van der Waals surface area contributed by atoms with Crippen molar-refractivity contribution in [2.75, 3.05) is 5.75 Å². The summed E-state index contributed by atoms with van der Waals surface area (Å²) in [6, 6.07) is 8.53. The lowest BCUT2D eigenvalue weighted by molar-refractivity contribution is -0.118. The minimum atomic E-state index is -0.0596. The van der Waals surface area contributed by atoms with E-state index in [9.17, 15) is 4.79 Å². The van der Waals surface area contributed by atoms with E-state index < -0.39 is 0 Å². The lowest BCUT2D eigenvalue weighted by Crippen LogP contribution is -2.26. The standard InChI is InChI=1S/C18H20N6OS2/c1-12-4-2-3-5-14(12)23-9-8-19-18(23)27-11-16(25)20-10-15-21-22-17(26)24(15)13-6-7-13/h2-5,8-9,13H,6-7,10-11H2,1H3,(H,20,25)(H,22,26). The number of rotatable bonds is 7. The molecule has 1 amide bonds. The molecule has 0 atom stereocenters. The molecule has 1 aliphatic carbocycles. The van der Waals surface area contributed by atoms with E-state index in [1.54, 1.807) is 6.20 Å². The summed E-state index contributed by atoms with van der Waals surface area (Å²) >= 11 is 6.68. The van der Waals surface area contributed by atoms with Crippen LogP contribution in [-0.4, -0.2) is 36.0 Å². The van der Waals surface area contributed by atoms with Gasteiger partial charge in [-0.25, -0.2) is 4.98 Å². The minimum absolute atomic E-state index is 0.0596. The first-order chi connectivity index (χ1) is 13.1. The Morgan fingerprint density at radius 1 is 1.41 bits per heavy atom. The molecule has 1 aromatic carbocycles. The first-order valence-electron chi connectivity index (χ1n) is 8.78. The van der Waals surface area contributed by atoms with Crippen LogP contribution in [0.2, 0.25) is 0 Å². The Morgan fingerprint density at radius 3 is 3.00 bits per heavy atom. The summed E-state index contributed by atoms with van der Waals surface area (Å²) < 4.78 is 4.63. The van der Waals surface area contributed by atoms with Crippen molar-refractivity contribution in [1.82, 2.24) is 29.6 Å². The Labute approximate surface area is 166 Å². The highest BCUT2D eigenvalue weighted by Crippen LogP contribution is 2.35. The van der Waals surface area contributed by atoms with Crippen molar-refractivity contribution >= 4 is 29.9 Å². The van der Waals surface area contributed by atoms with Crippen molar-refractivity contribution in [3.63, 3.8) is 0 Å². The molecule has 0 unspecified atom stereocenters. The minimum Gasteiger partial charge on any atom is -0.348 e. The maximum absolute atomic E-state index is 12.3. The Bertz CT molecular complexity index is 1020. The van der Waals surface area contributed by atoms with Gasteiger partial charge in [0.15, 0.2) is 15.8 Å². The molecule has 7 nitrogen and oxygen atoms in total. The second kappa shape index (κ2) is 7.69. The van der Waals surface area contributed by atoms with Gasteiger partial charge >= 0.3 is 0 Å². The van der Waals surface area contributed by atoms with Gasteiger partial charge in [-0.2, -0.15) is 5.10 Å². The largest absolute Gasteiger partial charge is 0.348 e. The van der Waals surface area contributed by atoms with Crippen molar-refractivity contribution in [2.45, 2.75) is 37.5 Å². The van der Waals surface area contributed by atoms with E-state index in [2.05, 4.69) is 33.5 Å². The molecule has 0 radical (unpaired) electrons. The van der Waals surface area contributed by atoms with Crippen molar-refractivity contribution in [3.05, 3.63) is 52.8 Å². The van der Waals surface area contributed by atoms with Crippen LogP contribution < -0.4 is 5.32 Å². The number of nitrogens with zero attached hydrogens (tertiary/aromatic N) is 4. The molecule has 4 rings (SSSR count). The predicted octanol–water partition coefficient (Wildman–Crippen LogP) is 3.18. The third kappa shape index (κ3) is 3.98. The van der Waals surface area contributed by atoms with E-state index in [1.807, 2.05) is 33.5 Å². The molecule has 1 saturated carbocycles. The molecular weight excluding hydrogens is 380 g/mol. The predicted molar refractivity (Wildman–Crippen MR) is 107 cm³/mol. The fourth-order valence-electron chi connectivity index (χ4n) is 2.94. The van der Waals surface area contributed by atoms with Gasteiger partial charge in [0.2, 0.25) is 5.91 Å². The van der Waals surface area contributed by atoms with Gasteiger partial charge < -0.3 is 5.32 Å². The average molecular weight is 401 g/mol. The second-order valence-corrected chi connectivity index (χ2v) is 7.81. The average Bonchev–Trinajstić information content (AvgIpc) is 3.27. The summed E-state index contributed by atoms with van der Waals surface area (Å²) in [6.07, 6.45) is 5.90. The lowest BCUT2D eigenvalue weighted by atomic mass is 10.2. The van der Waals surface area contributed by atoms with Crippen LogP contribution in [0.1, 0.15) is 30.3 Å². The van der Waals surface area contributed by atoms with Crippen LogP contribution in [0.15, 0.2) is 41.8 Å². The number of aromatic nitrogens is 5. The molecule has 0 bridgehead atoms. The summed E-state index contributed by atoms with van der Waals surface area (Å²) in [4.78, 5) is 16.7. The summed E-state index contributed by atoms with van der Waals surface area (Å²) in [5.41, 5.74) is 2.22. The van der Waals surface area contributed by atoms with Crippen LogP contribution in [0, 0.1) is 11.7 Å². The number of imidazole rings is 1. The quantitative estimate of drug-likeness (QED) is 0.470. The first kappa shape index (κ1) is 18.0. The van der Waals surface area contributed by atoms with E-state index in [1.165, 1.54) is 11.8 Å². The number of thioether (sulfide) groups is 1. The number of aromatic amines is 1. The zero-order chi connectivity index (χ0) is 18.8. The van der Waals surface area contributed by atoms with E-state index in [4.69, 9.17) is 12.2 Å². The van der Waals surface area contributed by atoms with Crippen LogP contribution in [0.4, 0.5) is 0 Å². The number of nitrogens with one attached hydrogen (secondary N) is 2. The molecule has 9 heteroatoms. The van der Waals surface area contributed by atoms with Gasteiger partial charge in [0.05, 0.1) is 18.0 Å². The van der Waals surface area contributed by atoms with Gasteiger partial charge in [0.25, 0.3) is 0 Å². The zero-order valence-corrected chi connectivity index (χ0v) is 16.5. The third-order valence-corrected chi connectivity index (χ3v) is 5.70. The third-order valence-electron chi connectivity index (χ3n) is 4.45. The molecule has 2 heterocycles. The lowest BCUT2D eigenvalue weighted by Gasteiger charge is -2.10. The molecule has 0 spiro atoms. The number of amides is 1. The fraction of sp³-hybridized carbons (Fsp3) is 0.333. The number of carbonyl (C=O) groups excluding carboxylic acids is 1. The van der Waals surface area contributed by atoms with E-state index in [0.29, 0.717) is 17.4 Å². The van der Waals surface area contributed by atoms with Gasteiger partial charge in [0, 0.05) is 18.4 Å². The Morgan fingerprint density at radius 2 is 2.22 bits per heavy atom. The number of hydrogen-bond donors (Lipinski definition) is 2. The van der Waals surface area contributed by atoms with Crippen molar-refractivity contribution in [1.29, 1.82) is 0 Å². The summed E-state index contributed by atoms with van der Waals surface area (Å²) in [5.74, 6) is 1.01. The Hall–Kier alpha value is -2.39. The Balaban J connectivity index is 1.36. The van der Waals surface area contributed by atoms with Gasteiger partial charge in [0.1, 0.15) is 0 Å². The maximum Gasteiger partial charge on any atom is 0.230 e. The normalized spacial score (nSPS) is 13.7. The molecule has 3 aromatic rings. The van der Waals surface area contributed by atoms with Crippen LogP contribution in [0.25, 0.3) is 5.69 Å². The number of H-pyrrole nitrogens is 1. The van der Waals surface area contributed by atoms with Crippen LogP contribution in [0.5, 0.6) is 0 Å². The molecule has 140 valence electrons. The SMILES string of the molecule is Cc1ccccc1-n1ccnc1SCC(=O)NCc1n[nH]c(=S)n1C1CC1. The molecule has 0 saturated heterocycles. The first-order valence-corrected chi connectivity index (χ1v) is 10.2. The highest BCUT2D eigenvalue weighted by Gasteiger charge is 2.27. The molecule has 1 aliphatic rings. The fourth-order valence-corrected chi connectivity index (χ4v) is 4.04. The zero-order valence-electron chi connectivity index (χ0n) is 14.9. The van der Waals surface area contributed by atoms with Crippen molar-refractivity contribution in [3.8, 4) is 5.69 Å². The highest BCUT2D eigenvalue weighted by molar-refractivity contribution is 7.99. The van der Waals surface area contributed by atoms with Crippen molar-refractivity contribution in [2.24, 2.45) is 0 Å². The van der Waals surface area contributed by atoms with E-state index in [-0.39, 0.29) is 11.7 Å². The highest BCUT2D eigenvalue weighted by atomic mass is 32.2. The molecule has 27 heavy (non-hydrogen) atoms. The smallest absolute Gasteiger partial charge is 0.230 e. The number of hydrogen-bond acceptors (Lipinski definition) is 5. The summed E-state index contributed by atoms with van der Waals surface area (Å²) in [7, 11) is 0. The van der Waals surface area contributed by atoms with Crippen molar-refractivity contribution < 1.29 is 4.79 Å². The number of benzene rings is 1. The molecule has 0 aliphatic heterocycles. The Kier molecular flexibility index (Phi) is 5.13. The topological polar surface area (TPSA) is 80.5 Å². The van der Waals surface area contributed by atoms with Gasteiger partial charge in [-0.05, 0) is 43.6 Å². The van der Waals surface area contributed by atoms with Gasteiger partial charge in [-0.1, -0.05) is 30.0 Å². The summed E-state index contributed by atoms with van der Waals surface area (Å²) in [5, 5.41) is 10.8. The number of carbonyl (C=O) groups is 1. The van der Waals surface area contributed by atoms with Crippen LogP contribution in [-0.2, 0) is 11.3 Å². The monoisotopic (exact) mass is 400 g/mol. The number of aryl methyl sites for hydroxylation is 1. The maximum atomic E-state index is 12.3. The van der Waals surface area contributed by atoms with Gasteiger partial charge in [-0.3, -0.25) is 19.0 Å². The molecular formula is C18H20N6OS2. The second-order valence-electron chi connectivity index (χ2n) is 6.48. The van der Waals surface area contributed by atoms with E-state index in [0.717, 1.165) is 35.1 Å². The van der Waals surface area contributed by atoms with E-state index >= 15 is 0 Å².